The van der Waals surface area contributed by atoms with E-state index in [1.54, 1.807) is 0 Å². The Hall–Kier alpha value is -2.51. The summed E-state index contributed by atoms with van der Waals surface area (Å²) in [6.45, 7) is 6.69. The van der Waals surface area contributed by atoms with E-state index < -0.39 is 0 Å². The predicted octanol–water partition coefficient (Wildman–Crippen LogP) is 3.48. The Bertz CT molecular complexity index is 1040. The first-order valence-corrected chi connectivity index (χ1v) is 10.3. The minimum atomic E-state index is -0.137. The van der Waals surface area contributed by atoms with Crippen molar-refractivity contribution in [2.24, 2.45) is 5.41 Å². The Morgan fingerprint density at radius 2 is 2.07 bits per heavy atom. The van der Waals surface area contributed by atoms with Crippen molar-refractivity contribution in [3.05, 3.63) is 36.0 Å². The normalized spacial score (nSPS) is 21.3. The first kappa shape index (κ1) is 18.5. The van der Waals surface area contributed by atoms with Crippen molar-refractivity contribution in [3.8, 4) is 11.3 Å². The van der Waals surface area contributed by atoms with Gasteiger partial charge in [-0.2, -0.15) is 0 Å². The summed E-state index contributed by atoms with van der Waals surface area (Å²) in [4.78, 5) is 16.1. The number of nitrogens with zero attached hydrogens (tertiary/aromatic N) is 4. The highest BCUT2D eigenvalue weighted by Gasteiger charge is 2.41. The summed E-state index contributed by atoms with van der Waals surface area (Å²) in [5.41, 5.74) is 4.98. The van der Waals surface area contributed by atoms with Gasteiger partial charge in [-0.3, -0.25) is 0 Å². The number of hydrogen-bond acceptors (Lipinski definition) is 7. The first-order valence-electron chi connectivity index (χ1n) is 10.3. The molecule has 0 radical (unpaired) electrons. The van der Waals surface area contributed by atoms with Gasteiger partial charge < -0.3 is 19.2 Å². The molecule has 0 bridgehead atoms. The summed E-state index contributed by atoms with van der Waals surface area (Å²) in [7, 11) is 0. The Morgan fingerprint density at radius 1 is 1.24 bits per heavy atom. The molecule has 29 heavy (non-hydrogen) atoms. The third-order valence-electron chi connectivity index (χ3n) is 6.39. The number of aromatic nitrogens is 3. The van der Waals surface area contributed by atoms with Crippen LogP contribution in [0.25, 0.3) is 22.4 Å². The van der Waals surface area contributed by atoms with E-state index in [1.165, 1.54) is 6.39 Å². The van der Waals surface area contributed by atoms with E-state index in [2.05, 4.69) is 16.8 Å². The van der Waals surface area contributed by atoms with Gasteiger partial charge in [0.1, 0.15) is 11.2 Å². The summed E-state index contributed by atoms with van der Waals surface area (Å²) in [6, 6.07) is 5.80. The number of oxazole rings is 1. The van der Waals surface area contributed by atoms with Crippen molar-refractivity contribution >= 4 is 16.9 Å². The number of fused-ring (bicyclic) bond motifs is 1. The van der Waals surface area contributed by atoms with Gasteiger partial charge in [-0.1, -0.05) is 6.07 Å². The highest BCUT2D eigenvalue weighted by Crippen LogP contribution is 2.42. The molecule has 0 unspecified atom stereocenters. The van der Waals surface area contributed by atoms with Crippen molar-refractivity contribution in [2.45, 2.75) is 45.8 Å². The molecule has 0 aliphatic carbocycles. The Kier molecular flexibility index (Phi) is 4.52. The topological polar surface area (TPSA) is 84.5 Å². The van der Waals surface area contributed by atoms with Crippen molar-refractivity contribution < 1.29 is 14.3 Å². The van der Waals surface area contributed by atoms with Crippen LogP contribution in [0, 0.1) is 12.3 Å². The molecular weight excluding hydrogens is 368 g/mol. The van der Waals surface area contributed by atoms with E-state index in [0.717, 1.165) is 67.2 Å². The van der Waals surface area contributed by atoms with Crippen LogP contribution in [-0.2, 0) is 11.3 Å². The molecule has 2 aromatic heterocycles. The molecule has 1 aromatic carbocycles. The van der Waals surface area contributed by atoms with E-state index in [4.69, 9.17) is 19.1 Å². The summed E-state index contributed by atoms with van der Waals surface area (Å²) in [6.07, 6.45) is 5.12. The van der Waals surface area contributed by atoms with Crippen LogP contribution in [-0.4, -0.2) is 45.9 Å². The number of benzene rings is 1. The molecule has 4 heterocycles. The maximum atomic E-state index is 10.0. The number of aliphatic hydroxyl groups is 1. The van der Waals surface area contributed by atoms with Crippen LogP contribution in [0.15, 0.2) is 29.0 Å². The lowest BCUT2D eigenvalue weighted by atomic mass is 9.77. The van der Waals surface area contributed by atoms with Crippen LogP contribution >= 0.6 is 0 Å². The fraction of sp³-hybridized carbons (Fsp3) is 0.500. The molecule has 0 amide bonds. The average molecular weight is 394 g/mol. The van der Waals surface area contributed by atoms with Crippen LogP contribution in [0.5, 0.6) is 0 Å². The Balaban J connectivity index is 1.43. The van der Waals surface area contributed by atoms with E-state index in [-0.39, 0.29) is 6.61 Å². The van der Waals surface area contributed by atoms with Gasteiger partial charge in [0.25, 0.3) is 0 Å². The molecule has 3 aromatic rings. The van der Waals surface area contributed by atoms with Gasteiger partial charge in [-0.05, 0) is 50.7 Å². The predicted molar refractivity (Wildman–Crippen MR) is 110 cm³/mol. The molecule has 5 rings (SSSR count). The highest BCUT2D eigenvalue weighted by molar-refractivity contribution is 5.79. The van der Waals surface area contributed by atoms with Crippen molar-refractivity contribution in [2.75, 3.05) is 24.6 Å². The second-order valence-corrected chi connectivity index (χ2v) is 8.43. The third kappa shape index (κ3) is 3.28. The van der Waals surface area contributed by atoms with E-state index >= 15 is 0 Å². The standard InChI is InChI=1S/C22H26N4O3/c1-14-10-22(12-28-14)5-7-26(8-6-22)21-18(11-27)25-20(15(2)24-21)16-3-4-17-19(9-16)29-13-23-17/h3-4,9,13-14,27H,5-8,10-12H2,1-2H3/t14-/m0/s1. The Morgan fingerprint density at radius 3 is 2.79 bits per heavy atom. The molecule has 0 saturated carbocycles. The minimum Gasteiger partial charge on any atom is -0.443 e. The smallest absolute Gasteiger partial charge is 0.181 e. The molecule has 2 aliphatic heterocycles. The molecule has 7 nitrogen and oxygen atoms in total. The summed E-state index contributed by atoms with van der Waals surface area (Å²) >= 11 is 0. The average Bonchev–Trinajstić information content (AvgIpc) is 3.34. The zero-order valence-corrected chi connectivity index (χ0v) is 16.9. The van der Waals surface area contributed by atoms with Crippen molar-refractivity contribution in [1.29, 1.82) is 0 Å². The van der Waals surface area contributed by atoms with Gasteiger partial charge >= 0.3 is 0 Å². The molecule has 7 heteroatoms. The number of rotatable bonds is 3. The van der Waals surface area contributed by atoms with Crippen LogP contribution in [0.3, 0.4) is 0 Å². The second kappa shape index (κ2) is 7.07. The fourth-order valence-electron chi connectivity index (χ4n) is 4.77. The lowest BCUT2D eigenvalue weighted by molar-refractivity contribution is 0.0975. The van der Waals surface area contributed by atoms with Crippen LogP contribution in [0.4, 0.5) is 5.82 Å². The van der Waals surface area contributed by atoms with Gasteiger partial charge in [-0.15, -0.1) is 0 Å². The largest absolute Gasteiger partial charge is 0.443 e. The quantitative estimate of drug-likeness (QED) is 0.728. The van der Waals surface area contributed by atoms with E-state index in [1.807, 2.05) is 25.1 Å². The minimum absolute atomic E-state index is 0.137. The summed E-state index contributed by atoms with van der Waals surface area (Å²) in [5.74, 6) is 0.802. The van der Waals surface area contributed by atoms with Gasteiger partial charge in [0.15, 0.2) is 17.8 Å². The maximum absolute atomic E-state index is 10.0. The molecule has 2 aliphatic rings. The number of aliphatic hydroxyl groups excluding tert-OH is 1. The van der Waals surface area contributed by atoms with Crippen molar-refractivity contribution in [3.63, 3.8) is 0 Å². The van der Waals surface area contributed by atoms with Gasteiger partial charge in [0.05, 0.1) is 30.7 Å². The highest BCUT2D eigenvalue weighted by atomic mass is 16.5. The molecule has 2 fully saturated rings. The number of piperidine rings is 1. The zero-order valence-electron chi connectivity index (χ0n) is 16.9. The van der Waals surface area contributed by atoms with Crippen molar-refractivity contribution in [1.82, 2.24) is 15.0 Å². The van der Waals surface area contributed by atoms with Gasteiger partial charge in [0, 0.05) is 18.7 Å². The number of ether oxygens (including phenoxy) is 1. The van der Waals surface area contributed by atoms with E-state index in [0.29, 0.717) is 22.8 Å². The molecule has 2 saturated heterocycles. The second-order valence-electron chi connectivity index (χ2n) is 8.43. The fourth-order valence-corrected chi connectivity index (χ4v) is 4.77. The first-order chi connectivity index (χ1) is 14.1. The lowest BCUT2D eigenvalue weighted by Gasteiger charge is -2.39. The monoisotopic (exact) mass is 394 g/mol. The van der Waals surface area contributed by atoms with Crippen LogP contribution in [0.1, 0.15) is 37.6 Å². The third-order valence-corrected chi connectivity index (χ3v) is 6.39. The molecule has 1 atom stereocenters. The molecule has 1 N–H and O–H groups in total. The Labute approximate surface area is 169 Å². The summed E-state index contributed by atoms with van der Waals surface area (Å²) < 4.78 is 11.3. The zero-order chi connectivity index (χ0) is 20.0. The maximum Gasteiger partial charge on any atom is 0.181 e. The molecular formula is C22H26N4O3. The van der Waals surface area contributed by atoms with Gasteiger partial charge in [-0.25, -0.2) is 15.0 Å². The van der Waals surface area contributed by atoms with Crippen LogP contribution in [0.2, 0.25) is 0 Å². The number of aryl methyl sites for hydroxylation is 1. The molecule has 1 spiro atoms. The number of anilines is 1. The van der Waals surface area contributed by atoms with Gasteiger partial charge in [0.2, 0.25) is 0 Å². The SMILES string of the molecule is Cc1nc(N2CCC3(CC2)CO[C@@H](C)C3)c(CO)nc1-c1ccc2ncoc2c1. The number of hydrogen-bond donors (Lipinski definition) is 1. The summed E-state index contributed by atoms with van der Waals surface area (Å²) in [5, 5.41) is 10.0. The van der Waals surface area contributed by atoms with Crippen LogP contribution < -0.4 is 4.90 Å². The molecule has 152 valence electrons. The van der Waals surface area contributed by atoms with E-state index in [9.17, 15) is 5.11 Å². The lowest BCUT2D eigenvalue weighted by Crippen LogP contribution is -2.41.